The molecule has 0 amide bonds. The Morgan fingerprint density at radius 2 is 1.81 bits per heavy atom. The van der Waals surface area contributed by atoms with Gasteiger partial charge >= 0.3 is 5.97 Å². The predicted octanol–water partition coefficient (Wildman–Crippen LogP) is 2.76. The number of nitrogens with zero attached hydrogens (tertiary/aromatic N) is 4. The maximum absolute atomic E-state index is 13.3. The van der Waals surface area contributed by atoms with Crippen LogP contribution in [0.2, 0.25) is 0 Å². The first-order valence-electron chi connectivity index (χ1n) is 9.51. The second kappa shape index (κ2) is 9.66. The fourth-order valence-electron chi connectivity index (χ4n) is 3.10. The van der Waals surface area contributed by atoms with Crippen molar-refractivity contribution in [1.29, 1.82) is 0 Å². The van der Waals surface area contributed by atoms with E-state index in [4.69, 9.17) is 11.5 Å². The highest BCUT2D eigenvalue weighted by Crippen LogP contribution is 2.29. The predicted molar refractivity (Wildman–Crippen MR) is 117 cm³/mol. The highest BCUT2D eigenvalue weighted by Gasteiger charge is 2.21. The van der Waals surface area contributed by atoms with E-state index >= 15 is 0 Å². The van der Waals surface area contributed by atoms with E-state index in [1.165, 1.54) is 12.1 Å². The molecule has 0 bridgehead atoms. The molecular weight excluding hydrogens is 399 g/mol. The van der Waals surface area contributed by atoms with Crippen LogP contribution in [-0.2, 0) is 11.3 Å². The van der Waals surface area contributed by atoms with E-state index in [-0.39, 0.29) is 18.2 Å². The number of hydrogen-bond acceptors (Lipinski definition) is 5. The Labute approximate surface area is 179 Å². The van der Waals surface area contributed by atoms with Crippen molar-refractivity contribution in [2.75, 3.05) is 11.9 Å². The van der Waals surface area contributed by atoms with E-state index in [1.54, 1.807) is 29.3 Å². The number of carboxylic acids is 1. The minimum Gasteiger partial charge on any atom is -0.481 e. The van der Waals surface area contributed by atoms with Crippen LogP contribution in [0.25, 0.3) is 0 Å². The average molecular weight is 422 g/mol. The smallest absolute Gasteiger partial charge is 0.304 e. The van der Waals surface area contributed by atoms with Crippen molar-refractivity contribution in [2.24, 2.45) is 16.5 Å². The maximum Gasteiger partial charge on any atom is 0.304 e. The van der Waals surface area contributed by atoms with Gasteiger partial charge in [-0.3, -0.25) is 4.79 Å². The van der Waals surface area contributed by atoms with Gasteiger partial charge in [-0.2, -0.15) is 0 Å². The SMILES string of the molecule is CN(c1ccc(CN=C(N)N)cc1)c1nccc(C(CC(=O)O)c2ccc(F)cc2)n1. The van der Waals surface area contributed by atoms with E-state index in [0.29, 0.717) is 23.8 Å². The van der Waals surface area contributed by atoms with Crippen molar-refractivity contribution in [3.05, 3.63) is 83.4 Å². The van der Waals surface area contributed by atoms with E-state index in [2.05, 4.69) is 15.0 Å². The number of aliphatic imine (C=N–C) groups is 1. The number of anilines is 2. The van der Waals surface area contributed by atoms with Crippen LogP contribution in [-0.4, -0.2) is 34.1 Å². The molecule has 5 N–H and O–H groups in total. The van der Waals surface area contributed by atoms with Gasteiger partial charge in [-0.05, 0) is 41.5 Å². The molecule has 3 rings (SSSR count). The van der Waals surface area contributed by atoms with Gasteiger partial charge in [0.2, 0.25) is 5.95 Å². The molecule has 0 saturated heterocycles. The number of hydrogen-bond donors (Lipinski definition) is 3. The molecule has 8 nitrogen and oxygen atoms in total. The lowest BCUT2D eigenvalue weighted by molar-refractivity contribution is -0.137. The summed E-state index contributed by atoms with van der Waals surface area (Å²) in [6.45, 7) is 0.382. The molecule has 31 heavy (non-hydrogen) atoms. The third-order valence-corrected chi connectivity index (χ3v) is 4.74. The highest BCUT2D eigenvalue weighted by atomic mass is 19.1. The summed E-state index contributed by atoms with van der Waals surface area (Å²) in [5.74, 6) is -1.45. The highest BCUT2D eigenvalue weighted by molar-refractivity contribution is 5.75. The van der Waals surface area contributed by atoms with Gasteiger partial charge in [-0.1, -0.05) is 24.3 Å². The topological polar surface area (TPSA) is 131 Å². The number of halogens is 1. The Morgan fingerprint density at radius 3 is 2.42 bits per heavy atom. The molecule has 9 heteroatoms. The first-order valence-corrected chi connectivity index (χ1v) is 9.51. The van der Waals surface area contributed by atoms with Gasteiger partial charge in [0.1, 0.15) is 5.82 Å². The molecule has 1 aromatic heterocycles. The van der Waals surface area contributed by atoms with Crippen LogP contribution in [0.4, 0.5) is 16.0 Å². The van der Waals surface area contributed by atoms with Crippen molar-refractivity contribution < 1.29 is 14.3 Å². The summed E-state index contributed by atoms with van der Waals surface area (Å²) < 4.78 is 13.3. The summed E-state index contributed by atoms with van der Waals surface area (Å²) >= 11 is 0. The zero-order valence-corrected chi connectivity index (χ0v) is 16.9. The van der Waals surface area contributed by atoms with Crippen molar-refractivity contribution in [3.8, 4) is 0 Å². The summed E-state index contributed by atoms with van der Waals surface area (Å²) in [5.41, 5.74) is 13.7. The van der Waals surface area contributed by atoms with E-state index in [0.717, 1.165) is 11.3 Å². The number of benzene rings is 2. The van der Waals surface area contributed by atoms with Gasteiger partial charge in [0.25, 0.3) is 0 Å². The van der Waals surface area contributed by atoms with Crippen LogP contribution in [0.5, 0.6) is 0 Å². The summed E-state index contributed by atoms with van der Waals surface area (Å²) in [6, 6.07) is 15.0. The van der Waals surface area contributed by atoms with Crippen LogP contribution in [0.15, 0.2) is 65.8 Å². The minimum atomic E-state index is -0.973. The summed E-state index contributed by atoms with van der Waals surface area (Å²) in [7, 11) is 1.81. The lowest BCUT2D eigenvalue weighted by Gasteiger charge is -2.20. The molecule has 1 atom stereocenters. The van der Waals surface area contributed by atoms with Gasteiger partial charge in [0.05, 0.1) is 18.7 Å². The molecule has 2 aromatic carbocycles. The Morgan fingerprint density at radius 1 is 1.13 bits per heavy atom. The molecule has 0 aliphatic carbocycles. The fourth-order valence-corrected chi connectivity index (χ4v) is 3.10. The third kappa shape index (κ3) is 5.75. The first kappa shape index (κ1) is 21.7. The number of aliphatic carboxylic acids is 1. The zero-order chi connectivity index (χ0) is 22.4. The molecule has 0 fully saturated rings. The Balaban J connectivity index is 1.87. The van der Waals surface area contributed by atoms with E-state index in [9.17, 15) is 14.3 Å². The lowest BCUT2D eigenvalue weighted by Crippen LogP contribution is -2.22. The van der Waals surface area contributed by atoms with Crippen molar-refractivity contribution >= 4 is 23.6 Å². The van der Waals surface area contributed by atoms with Crippen molar-refractivity contribution in [1.82, 2.24) is 9.97 Å². The molecule has 0 aliphatic rings. The maximum atomic E-state index is 13.3. The summed E-state index contributed by atoms with van der Waals surface area (Å²) in [5, 5.41) is 9.37. The summed E-state index contributed by atoms with van der Waals surface area (Å²) in [6.07, 6.45) is 1.41. The van der Waals surface area contributed by atoms with Gasteiger partial charge in [0.15, 0.2) is 5.96 Å². The molecule has 1 heterocycles. The lowest BCUT2D eigenvalue weighted by atomic mass is 9.92. The van der Waals surface area contributed by atoms with Crippen molar-refractivity contribution in [3.63, 3.8) is 0 Å². The van der Waals surface area contributed by atoms with Gasteiger partial charge in [-0.25, -0.2) is 19.4 Å². The molecule has 0 saturated carbocycles. The third-order valence-electron chi connectivity index (χ3n) is 4.74. The fraction of sp³-hybridized carbons (Fsp3) is 0.182. The Hall–Kier alpha value is -4.01. The Bertz CT molecular complexity index is 1070. The summed E-state index contributed by atoms with van der Waals surface area (Å²) in [4.78, 5) is 26.1. The van der Waals surface area contributed by atoms with E-state index < -0.39 is 11.9 Å². The molecule has 1 unspecified atom stereocenters. The second-order valence-corrected chi connectivity index (χ2v) is 6.95. The standard InChI is InChI=1S/C22H23FN6O2/c1-29(17-8-2-14(3-9-17)13-27-21(24)25)22-26-11-10-19(28-22)18(12-20(30)31)15-4-6-16(23)7-5-15/h2-11,18H,12-13H2,1H3,(H,30,31)(H4,24,25,27). The Kier molecular flexibility index (Phi) is 6.76. The molecule has 0 radical (unpaired) electrons. The minimum absolute atomic E-state index is 0.0310. The van der Waals surface area contributed by atoms with Crippen LogP contribution >= 0.6 is 0 Å². The normalized spacial score (nSPS) is 11.5. The number of carbonyl (C=O) groups is 1. The van der Waals surface area contributed by atoms with Crippen LogP contribution in [0.1, 0.15) is 29.2 Å². The monoisotopic (exact) mass is 422 g/mol. The first-order chi connectivity index (χ1) is 14.8. The molecule has 0 spiro atoms. The zero-order valence-electron chi connectivity index (χ0n) is 16.9. The molecular formula is C22H23FN6O2. The van der Waals surface area contributed by atoms with Crippen molar-refractivity contribution in [2.45, 2.75) is 18.9 Å². The van der Waals surface area contributed by atoms with Gasteiger partial charge in [-0.15, -0.1) is 0 Å². The van der Waals surface area contributed by atoms with Gasteiger partial charge in [0, 0.05) is 24.8 Å². The second-order valence-electron chi connectivity index (χ2n) is 6.95. The largest absolute Gasteiger partial charge is 0.481 e. The number of guanidine groups is 1. The quantitative estimate of drug-likeness (QED) is 0.376. The number of carboxylic acid groups (broad SMARTS) is 1. The molecule has 0 aliphatic heterocycles. The van der Waals surface area contributed by atoms with Crippen LogP contribution < -0.4 is 16.4 Å². The number of rotatable bonds is 8. The molecule has 160 valence electrons. The number of nitrogens with two attached hydrogens (primary N) is 2. The van der Waals surface area contributed by atoms with E-state index in [1.807, 2.05) is 31.3 Å². The van der Waals surface area contributed by atoms with Crippen LogP contribution in [0.3, 0.4) is 0 Å². The van der Waals surface area contributed by atoms with Crippen LogP contribution in [0, 0.1) is 5.82 Å². The van der Waals surface area contributed by atoms with Gasteiger partial charge < -0.3 is 21.5 Å². The number of aromatic nitrogens is 2. The molecule has 3 aromatic rings. The average Bonchev–Trinajstić information content (AvgIpc) is 2.76.